The molecule has 1 heterocycles. The van der Waals surface area contributed by atoms with Gasteiger partial charge in [0.15, 0.2) is 0 Å². The quantitative estimate of drug-likeness (QED) is 0.645. The van der Waals surface area contributed by atoms with Crippen molar-refractivity contribution in [2.75, 3.05) is 0 Å². The first-order valence-electron chi connectivity index (χ1n) is 5.25. The first kappa shape index (κ1) is 14.0. The zero-order chi connectivity index (χ0) is 13.1. The Hall–Kier alpha value is -0.460. The van der Waals surface area contributed by atoms with Crippen molar-refractivity contribution in [3.05, 3.63) is 55.4 Å². The summed E-state index contributed by atoms with van der Waals surface area (Å²) < 4.78 is 14.7. The largest absolute Gasteiger partial charge is 0.271 e. The second-order valence-corrected chi connectivity index (χ2v) is 6.73. The van der Waals surface area contributed by atoms with Crippen molar-refractivity contribution in [1.82, 2.24) is 5.43 Å². The summed E-state index contributed by atoms with van der Waals surface area (Å²) in [6.07, 6.45) is 0.454. The molecule has 0 saturated heterocycles. The predicted molar refractivity (Wildman–Crippen MR) is 77.2 cm³/mol. The van der Waals surface area contributed by atoms with Crippen LogP contribution < -0.4 is 11.3 Å². The van der Waals surface area contributed by atoms with Crippen LogP contribution >= 0.6 is 38.9 Å². The minimum absolute atomic E-state index is 0.130. The van der Waals surface area contributed by atoms with Crippen LogP contribution in [-0.4, -0.2) is 0 Å². The van der Waals surface area contributed by atoms with Gasteiger partial charge in [-0.15, -0.1) is 11.3 Å². The molecule has 6 heteroatoms. The Labute approximate surface area is 122 Å². The summed E-state index contributed by atoms with van der Waals surface area (Å²) in [4.78, 5) is 1.05. The van der Waals surface area contributed by atoms with Gasteiger partial charge in [0.2, 0.25) is 0 Å². The monoisotopic (exact) mass is 348 g/mol. The smallest absolute Gasteiger partial charge is 0.126 e. The zero-order valence-corrected chi connectivity index (χ0v) is 12.4. The summed E-state index contributed by atoms with van der Waals surface area (Å²) in [5.74, 6) is 5.27. The van der Waals surface area contributed by atoms with Crippen molar-refractivity contribution in [2.24, 2.45) is 5.84 Å². The van der Waals surface area contributed by atoms with Gasteiger partial charge in [0.25, 0.3) is 0 Å². The molecule has 1 unspecified atom stereocenters. The molecule has 0 fully saturated rings. The lowest BCUT2D eigenvalue weighted by Gasteiger charge is -2.14. The molecule has 0 aliphatic carbocycles. The fourth-order valence-corrected chi connectivity index (χ4v) is 3.36. The number of benzene rings is 1. The van der Waals surface area contributed by atoms with E-state index < -0.39 is 0 Å². The minimum atomic E-state index is -0.268. The van der Waals surface area contributed by atoms with E-state index in [2.05, 4.69) is 21.4 Å². The molecule has 96 valence electrons. The first-order valence-corrected chi connectivity index (χ1v) is 7.24. The molecule has 0 aliphatic rings. The second kappa shape index (κ2) is 6.12. The van der Waals surface area contributed by atoms with Gasteiger partial charge in [-0.05, 0) is 58.2 Å². The van der Waals surface area contributed by atoms with E-state index in [4.69, 9.17) is 17.4 Å². The number of thiophene rings is 1. The van der Waals surface area contributed by atoms with Crippen LogP contribution in [-0.2, 0) is 6.42 Å². The maximum Gasteiger partial charge on any atom is 0.126 e. The fraction of sp³-hybridized carbons (Fsp3) is 0.167. The molecule has 0 amide bonds. The minimum Gasteiger partial charge on any atom is -0.271 e. The predicted octanol–water partition coefficient (Wildman–Crippen LogP) is 4.05. The number of rotatable bonds is 4. The van der Waals surface area contributed by atoms with E-state index in [-0.39, 0.29) is 11.9 Å². The molecule has 3 N–H and O–H groups in total. The van der Waals surface area contributed by atoms with Gasteiger partial charge in [0, 0.05) is 9.90 Å². The normalized spacial score (nSPS) is 12.7. The number of nitrogens with two attached hydrogens (primary N) is 1. The fourth-order valence-electron chi connectivity index (χ4n) is 1.68. The zero-order valence-electron chi connectivity index (χ0n) is 9.29. The summed E-state index contributed by atoms with van der Waals surface area (Å²) in [6, 6.07) is 8.31. The van der Waals surface area contributed by atoms with Crippen molar-refractivity contribution < 1.29 is 4.39 Å². The maximum atomic E-state index is 13.7. The highest BCUT2D eigenvalue weighted by molar-refractivity contribution is 9.11. The Morgan fingerprint density at radius 1 is 1.39 bits per heavy atom. The Balaban J connectivity index is 2.22. The molecular formula is C12H11BrClFN2S. The van der Waals surface area contributed by atoms with Crippen LogP contribution in [0.2, 0.25) is 5.02 Å². The molecule has 2 nitrogen and oxygen atoms in total. The summed E-state index contributed by atoms with van der Waals surface area (Å²) in [6.45, 7) is 0. The van der Waals surface area contributed by atoms with Crippen molar-refractivity contribution in [3.63, 3.8) is 0 Å². The van der Waals surface area contributed by atoms with Gasteiger partial charge < -0.3 is 0 Å². The van der Waals surface area contributed by atoms with Gasteiger partial charge in [-0.1, -0.05) is 11.6 Å². The van der Waals surface area contributed by atoms with Crippen LogP contribution in [0.4, 0.5) is 4.39 Å². The topological polar surface area (TPSA) is 38.0 Å². The molecule has 0 spiro atoms. The number of hydrogen-bond acceptors (Lipinski definition) is 3. The molecule has 2 rings (SSSR count). The van der Waals surface area contributed by atoms with Crippen LogP contribution in [0.5, 0.6) is 0 Å². The van der Waals surface area contributed by atoms with Crippen molar-refractivity contribution in [1.29, 1.82) is 0 Å². The van der Waals surface area contributed by atoms with E-state index in [0.29, 0.717) is 17.0 Å². The van der Waals surface area contributed by atoms with Gasteiger partial charge >= 0.3 is 0 Å². The molecule has 0 radical (unpaired) electrons. The molecule has 18 heavy (non-hydrogen) atoms. The number of hydrazine groups is 1. The van der Waals surface area contributed by atoms with Gasteiger partial charge in [0.05, 0.1) is 9.83 Å². The first-order chi connectivity index (χ1) is 8.60. The summed E-state index contributed by atoms with van der Waals surface area (Å²) in [5.41, 5.74) is 3.26. The van der Waals surface area contributed by atoms with Crippen molar-refractivity contribution in [3.8, 4) is 0 Å². The Morgan fingerprint density at radius 2 is 2.17 bits per heavy atom. The lowest BCUT2D eigenvalue weighted by molar-refractivity contribution is 0.535. The molecule has 1 atom stereocenters. The Kier molecular flexibility index (Phi) is 4.75. The average molecular weight is 350 g/mol. The lowest BCUT2D eigenvalue weighted by atomic mass is 10.0. The summed E-state index contributed by atoms with van der Waals surface area (Å²) in [7, 11) is 0. The van der Waals surface area contributed by atoms with Gasteiger partial charge in [0.1, 0.15) is 5.82 Å². The lowest BCUT2D eigenvalue weighted by Crippen LogP contribution is -2.29. The van der Waals surface area contributed by atoms with Gasteiger partial charge in [-0.25, -0.2) is 4.39 Å². The SMILES string of the molecule is NNC(Cc1cc(Cl)ccc1F)c1ccc(Br)s1. The van der Waals surface area contributed by atoms with Crippen LogP contribution in [0.25, 0.3) is 0 Å². The van der Waals surface area contributed by atoms with Gasteiger partial charge in [-0.2, -0.15) is 0 Å². The average Bonchev–Trinajstić information content (AvgIpc) is 2.77. The summed E-state index contributed by atoms with van der Waals surface area (Å²) in [5, 5.41) is 0.523. The van der Waals surface area contributed by atoms with Crippen molar-refractivity contribution in [2.45, 2.75) is 12.5 Å². The van der Waals surface area contributed by atoms with E-state index >= 15 is 0 Å². The number of nitrogens with one attached hydrogen (secondary N) is 1. The Morgan fingerprint density at radius 3 is 2.78 bits per heavy atom. The molecule has 1 aromatic heterocycles. The standard InChI is InChI=1S/C12H11BrClFN2S/c13-12-4-3-11(18-12)10(17-16)6-7-5-8(14)1-2-9(7)15/h1-5,10,17H,6,16H2. The van der Waals surface area contributed by atoms with Crippen LogP contribution in [0.3, 0.4) is 0 Å². The molecule has 0 aliphatic heterocycles. The highest BCUT2D eigenvalue weighted by Gasteiger charge is 2.15. The molecule has 2 aromatic rings. The van der Waals surface area contributed by atoms with Gasteiger partial charge in [-0.3, -0.25) is 11.3 Å². The van der Waals surface area contributed by atoms with E-state index in [0.717, 1.165) is 8.66 Å². The molecule has 0 bridgehead atoms. The molecule has 0 saturated carbocycles. The Bertz CT molecular complexity index is 547. The third kappa shape index (κ3) is 3.30. The van der Waals surface area contributed by atoms with E-state index in [1.807, 2.05) is 12.1 Å². The van der Waals surface area contributed by atoms with Crippen LogP contribution in [0.15, 0.2) is 34.1 Å². The number of halogens is 3. The second-order valence-electron chi connectivity index (χ2n) is 3.80. The van der Waals surface area contributed by atoms with E-state index in [1.54, 1.807) is 17.4 Å². The summed E-state index contributed by atoms with van der Waals surface area (Å²) >= 11 is 10.8. The van der Waals surface area contributed by atoms with E-state index in [9.17, 15) is 4.39 Å². The maximum absolute atomic E-state index is 13.7. The van der Waals surface area contributed by atoms with Crippen molar-refractivity contribution >= 4 is 38.9 Å². The third-order valence-electron chi connectivity index (χ3n) is 2.57. The number of hydrogen-bond donors (Lipinski definition) is 2. The van der Waals surface area contributed by atoms with Crippen LogP contribution in [0.1, 0.15) is 16.5 Å². The van der Waals surface area contributed by atoms with Crippen LogP contribution in [0, 0.1) is 5.82 Å². The van der Waals surface area contributed by atoms with E-state index in [1.165, 1.54) is 12.1 Å². The molecular weight excluding hydrogens is 339 g/mol. The highest BCUT2D eigenvalue weighted by atomic mass is 79.9. The molecule has 1 aromatic carbocycles. The highest BCUT2D eigenvalue weighted by Crippen LogP contribution is 2.29. The third-order valence-corrected chi connectivity index (χ3v) is 4.54.